The minimum absolute atomic E-state index is 0.263. The number of aromatic nitrogens is 2. The van der Waals surface area contributed by atoms with Crippen LogP contribution >= 0.6 is 11.3 Å². The number of nitrogens with zero attached hydrogens (tertiary/aromatic N) is 2. The third-order valence-corrected chi connectivity index (χ3v) is 5.96. The Kier molecular flexibility index (Phi) is 4.21. The summed E-state index contributed by atoms with van der Waals surface area (Å²) in [6.45, 7) is 0. The highest BCUT2D eigenvalue weighted by Crippen LogP contribution is 2.29. The molecule has 0 spiro atoms. The van der Waals surface area contributed by atoms with E-state index < -0.39 is 15.9 Å². The summed E-state index contributed by atoms with van der Waals surface area (Å²) in [5, 5.41) is -0.263. The quantitative estimate of drug-likeness (QED) is 0.865. The van der Waals surface area contributed by atoms with Crippen LogP contribution in [0.3, 0.4) is 0 Å². The zero-order chi connectivity index (χ0) is 15.6. The van der Waals surface area contributed by atoms with Crippen molar-refractivity contribution in [3.63, 3.8) is 0 Å². The predicted molar refractivity (Wildman–Crippen MR) is 82.3 cm³/mol. The van der Waals surface area contributed by atoms with Gasteiger partial charge < -0.3 is 0 Å². The molecule has 1 N–H and O–H groups in total. The molecule has 22 heavy (non-hydrogen) atoms. The van der Waals surface area contributed by atoms with E-state index in [0.29, 0.717) is 4.88 Å². The summed E-state index contributed by atoms with van der Waals surface area (Å²) in [7, 11) is -3.98. The van der Waals surface area contributed by atoms with E-state index in [-0.39, 0.29) is 5.03 Å². The zero-order valence-electron chi connectivity index (χ0n) is 11.8. The van der Waals surface area contributed by atoms with Gasteiger partial charge in [0.05, 0.1) is 11.1 Å². The van der Waals surface area contributed by atoms with Gasteiger partial charge in [-0.3, -0.25) is 9.78 Å². The van der Waals surface area contributed by atoms with Gasteiger partial charge in [-0.25, -0.2) is 9.71 Å². The average molecular weight is 337 g/mol. The number of fused-ring (bicyclic) bond motifs is 1. The summed E-state index contributed by atoms with van der Waals surface area (Å²) in [6.07, 6.45) is 9.10. The van der Waals surface area contributed by atoms with Gasteiger partial charge in [0.2, 0.25) is 0 Å². The Morgan fingerprint density at radius 1 is 1.18 bits per heavy atom. The van der Waals surface area contributed by atoms with Crippen LogP contribution in [0, 0.1) is 0 Å². The Bertz CT molecular complexity index is 761. The highest BCUT2D eigenvalue weighted by molar-refractivity contribution is 7.90. The van der Waals surface area contributed by atoms with Crippen LogP contribution in [0.4, 0.5) is 0 Å². The number of carbonyl (C=O) groups excluding carboxylic acids is 1. The molecule has 0 saturated carbocycles. The molecule has 0 aromatic carbocycles. The van der Waals surface area contributed by atoms with Crippen LogP contribution in [0.5, 0.6) is 0 Å². The maximum Gasteiger partial charge on any atom is 0.283 e. The van der Waals surface area contributed by atoms with Crippen LogP contribution in [-0.2, 0) is 22.9 Å². The van der Waals surface area contributed by atoms with Crippen LogP contribution in [0.25, 0.3) is 0 Å². The topological polar surface area (TPSA) is 89.0 Å². The molecular weight excluding hydrogens is 322 g/mol. The molecule has 0 bridgehead atoms. The third-order valence-electron chi connectivity index (χ3n) is 3.51. The van der Waals surface area contributed by atoms with Gasteiger partial charge in [-0.05, 0) is 37.3 Å². The molecule has 0 atom stereocenters. The molecule has 2 heterocycles. The molecule has 0 fully saturated rings. The first-order valence-corrected chi connectivity index (χ1v) is 9.31. The molecule has 116 valence electrons. The Morgan fingerprint density at radius 2 is 2.00 bits per heavy atom. The van der Waals surface area contributed by atoms with Gasteiger partial charge in [-0.1, -0.05) is 6.42 Å². The maximum atomic E-state index is 12.2. The monoisotopic (exact) mass is 337 g/mol. The van der Waals surface area contributed by atoms with Crippen molar-refractivity contribution in [2.45, 2.75) is 37.1 Å². The van der Waals surface area contributed by atoms with E-state index in [9.17, 15) is 13.2 Å². The summed E-state index contributed by atoms with van der Waals surface area (Å²) in [6, 6.07) is 1.81. The van der Waals surface area contributed by atoms with Crippen LogP contribution in [-0.4, -0.2) is 24.3 Å². The largest absolute Gasteiger partial charge is 0.283 e. The van der Waals surface area contributed by atoms with Crippen molar-refractivity contribution < 1.29 is 13.2 Å². The van der Waals surface area contributed by atoms with Crippen molar-refractivity contribution in [1.29, 1.82) is 0 Å². The molecule has 0 aliphatic heterocycles. The van der Waals surface area contributed by atoms with Crippen molar-refractivity contribution in [1.82, 2.24) is 14.7 Å². The van der Waals surface area contributed by atoms with Crippen molar-refractivity contribution in [2.24, 2.45) is 0 Å². The van der Waals surface area contributed by atoms with E-state index in [4.69, 9.17) is 0 Å². The van der Waals surface area contributed by atoms with E-state index in [1.165, 1.54) is 40.6 Å². The highest BCUT2D eigenvalue weighted by atomic mass is 32.2. The predicted octanol–water partition coefficient (Wildman–Crippen LogP) is 1.93. The number of nitrogens with one attached hydrogen (secondary N) is 1. The molecule has 0 saturated heterocycles. The third kappa shape index (κ3) is 3.17. The Morgan fingerprint density at radius 3 is 2.77 bits per heavy atom. The molecule has 8 heteroatoms. The number of aryl methyl sites for hydroxylation is 2. The number of thiophene rings is 1. The minimum Gasteiger partial charge on any atom is -0.267 e. The first-order valence-electron chi connectivity index (χ1n) is 7.01. The van der Waals surface area contributed by atoms with Gasteiger partial charge >= 0.3 is 0 Å². The lowest BCUT2D eigenvalue weighted by Gasteiger charge is -2.04. The van der Waals surface area contributed by atoms with Gasteiger partial charge in [-0.15, -0.1) is 11.3 Å². The lowest BCUT2D eigenvalue weighted by Crippen LogP contribution is -2.30. The zero-order valence-corrected chi connectivity index (χ0v) is 13.4. The number of hydrogen-bond acceptors (Lipinski definition) is 6. The van der Waals surface area contributed by atoms with Gasteiger partial charge in [-0.2, -0.15) is 8.42 Å². The molecule has 3 rings (SSSR count). The highest BCUT2D eigenvalue weighted by Gasteiger charge is 2.23. The maximum absolute atomic E-state index is 12.2. The molecule has 1 aliphatic carbocycles. The number of amides is 1. The summed E-state index contributed by atoms with van der Waals surface area (Å²) in [5.41, 5.74) is 1.17. The fraction of sp³-hybridized carbons (Fsp3) is 0.357. The summed E-state index contributed by atoms with van der Waals surface area (Å²) in [4.78, 5) is 21.3. The van der Waals surface area contributed by atoms with Crippen LogP contribution < -0.4 is 4.72 Å². The first-order chi connectivity index (χ1) is 10.6. The SMILES string of the molecule is O=C(NS(=O)(=O)c1cnccn1)c1cc2c(s1)CCCCC2. The van der Waals surface area contributed by atoms with Crippen molar-refractivity contribution in [3.05, 3.63) is 40.0 Å². The average Bonchev–Trinajstić information content (AvgIpc) is 2.79. The van der Waals surface area contributed by atoms with Gasteiger partial charge in [0.15, 0.2) is 5.03 Å². The molecule has 6 nitrogen and oxygen atoms in total. The van der Waals surface area contributed by atoms with Crippen molar-refractivity contribution >= 4 is 27.3 Å². The first kappa shape index (κ1) is 15.1. The van der Waals surface area contributed by atoms with Crippen LogP contribution in [0.15, 0.2) is 29.7 Å². The molecule has 0 radical (unpaired) electrons. The lowest BCUT2D eigenvalue weighted by atomic mass is 10.1. The standard InChI is InChI=1S/C14H15N3O3S2/c18-14(17-22(19,20)13-9-15-6-7-16-13)12-8-10-4-2-1-3-5-11(10)21-12/h6-9H,1-5H2,(H,17,18). The summed E-state index contributed by atoms with van der Waals surface area (Å²) in [5.74, 6) is -0.608. The Labute approximate surface area is 132 Å². The second-order valence-electron chi connectivity index (χ2n) is 5.10. The Hall–Kier alpha value is -1.80. The van der Waals surface area contributed by atoms with Gasteiger partial charge in [0.1, 0.15) is 0 Å². The number of hydrogen-bond donors (Lipinski definition) is 1. The summed E-state index contributed by atoms with van der Waals surface area (Å²) >= 11 is 1.38. The normalized spacial score (nSPS) is 14.9. The number of sulfonamides is 1. The number of carbonyl (C=O) groups is 1. The molecule has 1 aliphatic rings. The fourth-order valence-corrected chi connectivity index (χ4v) is 4.50. The van der Waals surface area contributed by atoms with E-state index in [1.54, 1.807) is 0 Å². The van der Waals surface area contributed by atoms with E-state index in [1.807, 2.05) is 6.07 Å². The minimum atomic E-state index is -3.98. The molecule has 1 amide bonds. The van der Waals surface area contributed by atoms with Crippen LogP contribution in [0.2, 0.25) is 0 Å². The Balaban J connectivity index is 1.80. The van der Waals surface area contributed by atoms with Gasteiger partial charge in [0.25, 0.3) is 15.9 Å². The second kappa shape index (κ2) is 6.13. The molecule has 2 aromatic heterocycles. The second-order valence-corrected chi connectivity index (χ2v) is 7.86. The van der Waals surface area contributed by atoms with Crippen molar-refractivity contribution in [3.8, 4) is 0 Å². The van der Waals surface area contributed by atoms with E-state index >= 15 is 0 Å². The van der Waals surface area contributed by atoms with Gasteiger partial charge in [0, 0.05) is 17.3 Å². The van der Waals surface area contributed by atoms with Crippen LogP contribution in [0.1, 0.15) is 39.4 Å². The smallest absolute Gasteiger partial charge is 0.267 e. The summed E-state index contributed by atoms with van der Waals surface area (Å²) < 4.78 is 26.2. The lowest BCUT2D eigenvalue weighted by molar-refractivity contribution is 0.0985. The number of rotatable bonds is 3. The molecule has 0 unspecified atom stereocenters. The van der Waals surface area contributed by atoms with Crippen molar-refractivity contribution in [2.75, 3.05) is 0 Å². The fourth-order valence-electron chi connectivity index (χ4n) is 2.43. The van der Waals surface area contributed by atoms with E-state index in [2.05, 4.69) is 14.7 Å². The molecule has 2 aromatic rings. The van der Waals surface area contributed by atoms with E-state index in [0.717, 1.165) is 31.9 Å². The molecular formula is C14H15N3O3S2.